The molecule has 0 heterocycles. The van der Waals surface area contributed by atoms with Gasteiger partial charge in [-0.15, -0.1) is 0 Å². The molecule has 0 aromatic heterocycles. The van der Waals surface area contributed by atoms with Crippen LogP contribution >= 0.6 is 0 Å². The molecule has 2 aromatic carbocycles. The predicted octanol–water partition coefficient (Wildman–Crippen LogP) is 0.949. The van der Waals surface area contributed by atoms with Crippen molar-refractivity contribution in [3.8, 4) is 0 Å². The molecule has 2 atom stereocenters. The topological polar surface area (TPSA) is 244 Å². The first-order valence-corrected chi connectivity index (χ1v) is 11.5. The number of amides is 4. The molecule has 0 saturated carbocycles. The zero-order valence-corrected chi connectivity index (χ0v) is 20.9. The number of rotatable bonds is 11. The second-order valence-electron chi connectivity index (χ2n) is 7.76. The summed E-state index contributed by atoms with van der Waals surface area (Å²) < 4.78 is 9.73. The number of carboxylic acids is 2. The minimum absolute atomic E-state index is 0.0307. The Kier molecular flexibility index (Phi) is 15.1. The molecule has 0 aliphatic carbocycles. The number of aliphatic carboxylic acids is 2. The Morgan fingerprint density at radius 2 is 1.26 bits per heavy atom. The molecule has 0 fully saturated rings. The Labute approximate surface area is 223 Å². The third-order valence-electron chi connectivity index (χ3n) is 4.75. The van der Waals surface area contributed by atoms with Gasteiger partial charge in [0.25, 0.3) is 0 Å². The Morgan fingerprint density at radius 3 is 1.72 bits per heavy atom. The van der Waals surface area contributed by atoms with E-state index in [2.05, 4.69) is 5.32 Å². The molecule has 10 N–H and O–H groups in total. The summed E-state index contributed by atoms with van der Waals surface area (Å²) >= 11 is 0. The number of ether oxygens (including phenoxy) is 2. The van der Waals surface area contributed by atoms with Crippen LogP contribution in [0.5, 0.6) is 0 Å². The van der Waals surface area contributed by atoms with Gasteiger partial charge in [-0.1, -0.05) is 60.7 Å². The minimum atomic E-state index is -1.22. The van der Waals surface area contributed by atoms with E-state index in [1.54, 1.807) is 29.7 Å². The molecule has 2 aromatic rings. The van der Waals surface area contributed by atoms with Gasteiger partial charge in [0.1, 0.15) is 25.3 Å². The van der Waals surface area contributed by atoms with E-state index in [1.807, 2.05) is 47.2 Å². The van der Waals surface area contributed by atoms with Crippen LogP contribution in [0.2, 0.25) is 0 Å². The monoisotopic (exact) mass is 548 g/mol. The van der Waals surface area contributed by atoms with Gasteiger partial charge in [0.05, 0.1) is 0 Å². The highest BCUT2D eigenvalue weighted by Gasteiger charge is 2.21. The van der Waals surface area contributed by atoms with Crippen LogP contribution in [-0.4, -0.2) is 52.5 Å². The molecule has 0 unspecified atom stereocenters. The fraction of sp³-hybridized carbons (Fsp3) is 0.292. The van der Waals surface area contributed by atoms with E-state index in [9.17, 15) is 24.0 Å². The van der Waals surface area contributed by atoms with E-state index in [1.165, 1.54) is 0 Å². The van der Waals surface area contributed by atoms with Gasteiger partial charge in [0, 0.05) is 0 Å². The van der Waals surface area contributed by atoms with Crippen molar-refractivity contribution in [2.75, 3.05) is 0 Å². The number of nitrogens with one attached hydrogen (secondary N) is 4. The number of benzene rings is 2. The zero-order valence-electron chi connectivity index (χ0n) is 20.9. The third kappa shape index (κ3) is 15.1. The van der Waals surface area contributed by atoms with Gasteiger partial charge in [0.15, 0.2) is 0 Å². The van der Waals surface area contributed by atoms with Gasteiger partial charge in [-0.05, 0) is 30.4 Å². The number of carbonyl (C=O) groups excluding carboxylic acids is 3. The summed E-state index contributed by atoms with van der Waals surface area (Å²) in [6.45, 7) is 0.154. The average Bonchev–Trinajstić information content (AvgIpc) is 2.94. The van der Waals surface area contributed by atoms with Crippen LogP contribution in [0.4, 0.5) is 14.4 Å². The lowest BCUT2D eigenvalue weighted by molar-refractivity contribution is -0.139. The molecule has 0 radical (unpaired) electrons. The molecule has 15 nitrogen and oxygen atoms in total. The van der Waals surface area contributed by atoms with E-state index in [4.69, 9.17) is 31.3 Å². The quantitative estimate of drug-likeness (QED) is 0.112. The Hall–Kier alpha value is -4.89. The molecule has 15 heteroatoms. The van der Waals surface area contributed by atoms with Crippen molar-refractivity contribution in [1.29, 1.82) is 0 Å². The van der Waals surface area contributed by atoms with E-state index in [0.717, 1.165) is 11.1 Å². The Morgan fingerprint density at radius 1 is 0.744 bits per heavy atom. The summed E-state index contributed by atoms with van der Waals surface area (Å²) in [6.07, 6.45) is -1.17. The molecule has 0 aliphatic heterocycles. The number of hydrazine groups is 2. The van der Waals surface area contributed by atoms with E-state index in [-0.39, 0.29) is 32.5 Å². The smallest absolute Gasteiger partial charge is 0.426 e. The van der Waals surface area contributed by atoms with E-state index < -0.39 is 42.2 Å². The highest BCUT2D eigenvalue weighted by Crippen LogP contribution is 2.06. The highest BCUT2D eigenvalue weighted by atomic mass is 16.6. The van der Waals surface area contributed by atoms with Crippen molar-refractivity contribution in [2.24, 2.45) is 11.6 Å². The fourth-order valence-electron chi connectivity index (χ4n) is 2.73. The zero-order chi connectivity index (χ0) is 29.0. The first kappa shape index (κ1) is 32.1. The number of hydrogen-bond donors (Lipinski definition) is 8. The van der Waals surface area contributed by atoms with Crippen molar-refractivity contribution in [2.45, 2.75) is 44.6 Å². The average molecular weight is 549 g/mol. The second kappa shape index (κ2) is 18.4. The number of hydrogen-bond acceptors (Lipinski definition) is 9. The summed E-state index contributed by atoms with van der Waals surface area (Å²) in [5, 5.41) is 20.0. The van der Waals surface area contributed by atoms with Crippen molar-refractivity contribution in [3.05, 3.63) is 71.8 Å². The molecule has 0 aliphatic rings. The SMILES string of the molecule is NNC(=O)NNC(=O)OCc1ccccc1.N[C@H](CCC[C@H](NC(=O)OCc1ccccc1)C(=O)O)C(=O)O. The third-order valence-corrected chi connectivity index (χ3v) is 4.75. The molecule has 0 bridgehead atoms. The number of carbonyl (C=O) groups is 5. The fourth-order valence-corrected chi connectivity index (χ4v) is 2.73. The van der Waals surface area contributed by atoms with Crippen LogP contribution in [0.1, 0.15) is 30.4 Å². The lowest BCUT2D eigenvalue weighted by Crippen LogP contribution is -2.49. The largest absolute Gasteiger partial charge is 0.480 e. The Bertz CT molecular complexity index is 1060. The van der Waals surface area contributed by atoms with Gasteiger partial charge in [-0.25, -0.2) is 35.9 Å². The lowest BCUT2D eigenvalue weighted by Gasteiger charge is -2.15. The maximum Gasteiger partial charge on any atom is 0.426 e. The van der Waals surface area contributed by atoms with Crippen LogP contribution in [0, 0.1) is 0 Å². The molecular weight excluding hydrogens is 516 g/mol. The van der Waals surface area contributed by atoms with Gasteiger partial charge in [0.2, 0.25) is 0 Å². The van der Waals surface area contributed by atoms with Crippen molar-refractivity contribution in [3.63, 3.8) is 0 Å². The summed E-state index contributed by atoms with van der Waals surface area (Å²) in [7, 11) is 0. The normalized spacial score (nSPS) is 11.3. The van der Waals surface area contributed by atoms with Gasteiger partial charge < -0.3 is 30.7 Å². The van der Waals surface area contributed by atoms with Gasteiger partial charge >= 0.3 is 30.2 Å². The standard InChI is InChI=1S/C15H20N2O6.C9H12N4O3/c16-11(13(18)19)7-4-8-12(14(20)21)17-15(22)23-9-10-5-2-1-3-6-10;10-11-8(14)12-13-9(15)16-6-7-4-2-1-3-5-7/h1-3,5-6,11-12H,4,7-9,16H2,(H,17,22)(H,18,19)(H,20,21);1-5H,6,10H2,(H,13,15)(H2,11,12,14)/t11-,12+;/m1./s1. The molecular formula is C24H32N6O9. The highest BCUT2D eigenvalue weighted by molar-refractivity contribution is 5.80. The van der Waals surface area contributed by atoms with Crippen molar-refractivity contribution >= 4 is 30.2 Å². The van der Waals surface area contributed by atoms with E-state index in [0.29, 0.717) is 0 Å². The second-order valence-corrected chi connectivity index (χ2v) is 7.76. The van der Waals surface area contributed by atoms with Gasteiger partial charge in [-0.3, -0.25) is 10.2 Å². The van der Waals surface area contributed by atoms with Crippen molar-refractivity contribution in [1.82, 2.24) is 21.6 Å². The summed E-state index contributed by atoms with van der Waals surface area (Å²) in [5.41, 5.74) is 12.7. The molecule has 212 valence electrons. The van der Waals surface area contributed by atoms with Crippen LogP contribution < -0.4 is 33.2 Å². The molecule has 0 spiro atoms. The van der Waals surface area contributed by atoms with Crippen molar-refractivity contribution < 1.29 is 43.7 Å². The first-order chi connectivity index (χ1) is 18.6. The predicted molar refractivity (Wildman–Crippen MR) is 136 cm³/mol. The maximum atomic E-state index is 11.6. The number of urea groups is 1. The lowest BCUT2D eigenvalue weighted by atomic mass is 10.1. The molecule has 39 heavy (non-hydrogen) atoms. The van der Waals surface area contributed by atoms with E-state index >= 15 is 0 Å². The number of carboxylic acid groups (broad SMARTS) is 2. The van der Waals surface area contributed by atoms with Crippen LogP contribution in [0.15, 0.2) is 60.7 Å². The van der Waals surface area contributed by atoms with Gasteiger partial charge in [-0.2, -0.15) is 0 Å². The summed E-state index contributed by atoms with van der Waals surface area (Å²) in [6, 6.07) is 15.2. The minimum Gasteiger partial charge on any atom is -0.480 e. The first-order valence-electron chi connectivity index (χ1n) is 11.5. The number of nitrogens with two attached hydrogens (primary N) is 2. The van der Waals surface area contributed by atoms with Crippen LogP contribution in [0.3, 0.4) is 0 Å². The molecule has 4 amide bonds. The van der Waals surface area contributed by atoms with Crippen LogP contribution in [-0.2, 0) is 32.3 Å². The summed E-state index contributed by atoms with van der Waals surface area (Å²) in [5.74, 6) is 2.41. The van der Waals surface area contributed by atoms with Crippen LogP contribution in [0.25, 0.3) is 0 Å². The molecule has 0 saturated heterocycles. The summed E-state index contributed by atoms with van der Waals surface area (Å²) in [4.78, 5) is 54.9. The number of alkyl carbamates (subject to hydrolysis) is 1. The Balaban J connectivity index is 0.000000416. The maximum absolute atomic E-state index is 11.6. The molecule has 2 rings (SSSR count).